The molecule has 4 N–H and O–H groups in total. The van der Waals surface area contributed by atoms with Gasteiger partial charge in [0.25, 0.3) is 0 Å². The van der Waals surface area contributed by atoms with Crippen molar-refractivity contribution in [3.63, 3.8) is 0 Å². The molecule has 150 valence electrons. The van der Waals surface area contributed by atoms with Crippen LogP contribution in [0.3, 0.4) is 0 Å². The van der Waals surface area contributed by atoms with Gasteiger partial charge in [-0.25, -0.2) is 13.6 Å². The summed E-state index contributed by atoms with van der Waals surface area (Å²) in [6.07, 6.45) is -2.49. The molecule has 0 radical (unpaired) electrons. The maximum atomic E-state index is 13.4. The van der Waals surface area contributed by atoms with E-state index in [0.29, 0.717) is 13.2 Å². The van der Waals surface area contributed by atoms with Gasteiger partial charge in [-0.2, -0.15) is 0 Å². The number of nitrogens with one attached hydrogen (secondary N) is 2. The Kier molecular flexibility index (Phi) is 6.56. The number of benzene rings is 2. The molecule has 0 saturated heterocycles. The summed E-state index contributed by atoms with van der Waals surface area (Å²) in [4.78, 5) is 11.1. The van der Waals surface area contributed by atoms with E-state index in [1.54, 1.807) is 0 Å². The van der Waals surface area contributed by atoms with E-state index >= 15 is 0 Å². The van der Waals surface area contributed by atoms with Crippen molar-refractivity contribution in [3.8, 4) is 0 Å². The normalized spacial score (nSPS) is 18.2. The zero-order chi connectivity index (χ0) is 20.1. The lowest BCUT2D eigenvalue weighted by Crippen LogP contribution is -2.49. The van der Waals surface area contributed by atoms with Crippen molar-refractivity contribution in [1.29, 1.82) is 0 Å². The van der Waals surface area contributed by atoms with Gasteiger partial charge in [-0.1, -0.05) is 24.3 Å². The van der Waals surface area contributed by atoms with Crippen molar-refractivity contribution in [1.82, 2.24) is 10.6 Å². The fraction of sp³-hybridized carbons (Fsp3) is 0.350. The summed E-state index contributed by atoms with van der Waals surface area (Å²) in [5.41, 5.74) is 2.37. The lowest BCUT2D eigenvalue weighted by atomic mass is 9.97. The molecule has 0 bridgehead atoms. The fourth-order valence-electron chi connectivity index (χ4n) is 3.38. The predicted octanol–water partition coefficient (Wildman–Crippen LogP) is 2.37. The van der Waals surface area contributed by atoms with Crippen LogP contribution in [0, 0.1) is 11.6 Å². The predicted molar refractivity (Wildman–Crippen MR) is 97.9 cm³/mol. The van der Waals surface area contributed by atoms with Crippen LogP contribution in [0.2, 0.25) is 0 Å². The Hall–Kier alpha value is -2.55. The van der Waals surface area contributed by atoms with E-state index < -0.39 is 29.9 Å². The number of carbonyl (C=O) groups is 1. The lowest BCUT2D eigenvalue weighted by Gasteiger charge is -2.29. The second-order valence-corrected chi connectivity index (χ2v) is 6.78. The van der Waals surface area contributed by atoms with Crippen molar-refractivity contribution in [2.24, 2.45) is 0 Å². The number of rotatable bonds is 7. The second kappa shape index (κ2) is 9.09. The van der Waals surface area contributed by atoms with Crippen LogP contribution < -0.4 is 10.6 Å². The van der Waals surface area contributed by atoms with Crippen molar-refractivity contribution in [2.45, 2.75) is 31.2 Å². The topological polar surface area (TPSA) is 90.8 Å². The Labute approximate surface area is 161 Å². The Morgan fingerprint density at radius 3 is 2.64 bits per heavy atom. The minimum Gasteiger partial charge on any atom is -0.465 e. The molecule has 2 aromatic carbocycles. The van der Waals surface area contributed by atoms with Crippen LogP contribution in [0.25, 0.3) is 0 Å². The SMILES string of the molecule is O=C(O)N[C@@H](Cc1cc(F)cc(F)c1)[C@H](O)CNC1COCc2ccccc21. The number of hydrogen-bond donors (Lipinski definition) is 4. The molecule has 1 heterocycles. The molecule has 1 unspecified atom stereocenters. The Bertz CT molecular complexity index is 813. The van der Waals surface area contributed by atoms with Gasteiger partial charge >= 0.3 is 6.09 Å². The van der Waals surface area contributed by atoms with Gasteiger partial charge in [0, 0.05) is 12.6 Å². The van der Waals surface area contributed by atoms with E-state index in [1.165, 1.54) is 0 Å². The summed E-state index contributed by atoms with van der Waals surface area (Å²) in [5, 5.41) is 25.0. The molecule has 1 aliphatic heterocycles. The molecule has 6 nitrogen and oxygen atoms in total. The van der Waals surface area contributed by atoms with Crippen molar-refractivity contribution in [2.75, 3.05) is 13.2 Å². The van der Waals surface area contributed by atoms with Crippen LogP contribution in [-0.2, 0) is 17.8 Å². The van der Waals surface area contributed by atoms with Crippen LogP contribution >= 0.6 is 0 Å². The van der Waals surface area contributed by atoms with E-state index in [9.17, 15) is 18.7 Å². The summed E-state index contributed by atoms with van der Waals surface area (Å²) in [6, 6.07) is 9.67. The van der Waals surface area contributed by atoms with Gasteiger partial charge in [0.2, 0.25) is 0 Å². The number of aliphatic hydroxyl groups excluding tert-OH is 1. The summed E-state index contributed by atoms with van der Waals surface area (Å²) in [7, 11) is 0. The zero-order valence-electron chi connectivity index (χ0n) is 15.1. The Balaban J connectivity index is 1.66. The van der Waals surface area contributed by atoms with Crippen LogP contribution in [0.5, 0.6) is 0 Å². The standard InChI is InChI=1S/C20H22F2N2O4/c21-14-5-12(6-15(22)8-14)7-17(24-20(26)27)19(25)9-23-18-11-28-10-13-3-1-2-4-16(13)18/h1-6,8,17-19,23-25H,7,9-11H2,(H,26,27)/t17-,18?,19+/m0/s1. The number of aliphatic hydroxyl groups is 1. The van der Waals surface area contributed by atoms with Gasteiger partial charge in [-0.3, -0.25) is 0 Å². The third kappa shape index (κ3) is 5.25. The summed E-state index contributed by atoms with van der Waals surface area (Å²) in [5.74, 6) is -1.51. The molecule has 0 fully saturated rings. The van der Waals surface area contributed by atoms with Crippen molar-refractivity contribution < 1.29 is 28.5 Å². The van der Waals surface area contributed by atoms with Crippen LogP contribution in [-0.4, -0.2) is 41.6 Å². The minimum atomic E-state index is -1.33. The molecule has 2 aromatic rings. The molecule has 0 aromatic heterocycles. The highest BCUT2D eigenvalue weighted by Crippen LogP contribution is 2.24. The van der Waals surface area contributed by atoms with Gasteiger partial charge in [-0.05, 0) is 35.2 Å². The van der Waals surface area contributed by atoms with Gasteiger partial charge in [0.1, 0.15) is 11.6 Å². The van der Waals surface area contributed by atoms with Crippen LogP contribution in [0.1, 0.15) is 22.7 Å². The second-order valence-electron chi connectivity index (χ2n) is 6.78. The quantitative estimate of drug-likeness (QED) is 0.581. The van der Waals surface area contributed by atoms with Gasteiger partial charge < -0.3 is 25.6 Å². The Morgan fingerprint density at radius 1 is 1.21 bits per heavy atom. The highest BCUT2D eigenvalue weighted by molar-refractivity contribution is 5.65. The number of halogens is 2. The average molecular weight is 392 g/mol. The first-order valence-electron chi connectivity index (χ1n) is 8.94. The van der Waals surface area contributed by atoms with Crippen molar-refractivity contribution in [3.05, 3.63) is 70.8 Å². The average Bonchev–Trinajstić information content (AvgIpc) is 2.64. The molecule has 0 aliphatic carbocycles. The molecule has 1 aliphatic rings. The lowest BCUT2D eigenvalue weighted by molar-refractivity contribution is 0.0698. The first-order valence-corrected chi connectivity index (χ1v) is 8.94. The van der Waals surface area contributed by atoms with E-state index in [0.717, 1.165) is 29.3 Å². The number of amides is 1. The Morgan fingerprint density at radius 2 is 1.93 bits per heavy atom. The van der Waals surface area contributed by atoms with E-state index in [-0.39, 0.29) is 24.6 Å². The largest absolute Gasteiger partial charge is 0.465 e. The molecular formula is C20H22F2N2O4. The maximum absolute atomic E-state index is 13.4. The van der Waals surface area contributed by atoms with E-state index in [2.05, 4.69) is 10.6 Å². The number of carboxylic acid groups (broad SMARTS) is 1. The fourth-order valence-corrected chi connectivity index (χ4v) is 3.38. The third-order valence-electron chi connectivity index (χ3n) is 4.70. The number of hydrogen-bond acceptors (Lipinski definition) is 4. The first-order chi connectivity index (χ1) is 13.4. The molecule has 8 heteroatoms. The molecule has 0 spiro atoms. The molecular weight excluding hydrogens is 370 g/mol. The smallest absolute Gasteiger partial charge is 0.404 e. The summed E-state index contributed by atoms with van der Waals surface area (Å²) in [6.45, 7) is 1.02. The molecule has 0 saturated carbocycles. The maximum Gasteiger partial charge on any atom is 0.404 e. The molecule has 1 amide bonds. The van der Waals surface area contributed by atoms with Gasteiger partial charge in [-0.15, -0.1) is 0 Å². The highest BCUT2D eigenvalue weighted by Gasteiger charge is 2.25. The minimum absolute atomic E-state index is 0.0540. The first kappa shape index (κ1) is 20.2. The summed E-state index contributed by atoms with van der Waals surface area (Å²) < 4.78 is 32.4. The molecule has 28 heavy (non-hydrogen) atoms. The summed E-state index contributed by atoms with van der Waals surface area (Å²) >= 11 is 0. The van der Waals surface area contributed by atoms with Gasteiger partial charge in [0.05, 0.1) is 31.4 Å². The van der Waals surface area contributed by atoms with E-state index in [1.807, 2.05) is 24.3 Å². The van der Waals surface area contributed by atoms with Crippen LogP contribution in [0.4, 0.5) is 13.6 Å². The van der Waals surface area contributed by atoms with Crippen molar-refractivity contribution >= 4 is 6.09 Å². The monoisotopic (exact) mass is 392 g/mol. The van der Waals surface area contributed by atoms with E-state index in [4.69, 9.17) is 9.84 Å². The zero-order valence-corrected chi connectivity index (χ0v) is 15.1. The molecule has 3 rings (SSSR count). The highest BCUT2D eigenvalue weighted by atomic mass is 19.1. The molecule has 3 atom stereocenters. The third-order valence-corrected chi connectivity index (χ3v) is 4.70. The number of ether oxygens (including phenoxy) is 1. The van der Waals surface area contributed by atoms with Crippen LogP contribution in [0.15, 0.2) is 42.5 Å². The number of fused-ring (bicyclic) bond motifs is 1. The van der Waals surface area contributed by atoms with Gasteiger partial charge in [0.15, 0.2) is 0 Å².